The van der Waals surface area contributed by atoms with Crippen molar-refractivity contribution in [3.63, 3.8) is 0 Å². The van der Waals surface area contributed by atoms with Crippen LogP contribution in [0.25, 0.3) is 0 Å². The van der Waals surface area contributed by atoms with Crippen LogP contribution in [0.5, 0.6) is 0 Å². The Morgan fingerprint density at radius 2 is 1.64 bits per heavy atom. The molecular weight excluding hydrogens is 336 g/mol. The van der Waals surface area contributed by atoms with E-state index in [1.807, 2.05) is 62.4 Å². The second-order valence-electron chi connectivity index (χ2n) is 6.32. The summed E-state index contributed by atoms with van der Waals surface area (Å²) in [5, 5.41) is 2.79. The lowest BCUT2D eigenvalue weighted by molar-refractivity contribution is -0.116. The zero-order valence-corrected chi connectivity index (χ0v) is 15.8. The molecule has 134 valence electrons. The van der Waals surface area contributed by atoms with Crippen molar-refractivity contribution in [3.05, 3.63) is 65.2 Å². The molecule has 1 atom stereocenters. The van der Waals surface area contributed by atoms with Gasteiger partial charge in [0.1, 0.15) is 0 Å². The van der Waals surface area contributed by atoms with Gasteiger partial charge in [0.2, 0.25) is 15.9 Å². The third-order valence-electron chi connectivity index (χ3n) is 3.94. The predicted molar refractivity (Wildman–Crippen MR) is 101 cm³/mol. The highest BCUT2D eigenvalue weighted by molar-refractivity contribution is 7.88. The number of nitrogens with one attached hydrogen (secondary N) is 1. The summed E-state index contributed by atoms with van der Waals surface area (Å²) in [4.78, 5) is 12.4. The molecule has 0 saturated carbocycles. The zero-order valence-electron chi connectivity index (χ0n) is 15.0. The summed E-state index contributed by atoms with van der Waals surface area (Å²) in [6, 6.07) is 14.6. The molecule has 1 amide bonds. The van der Waals surface area contributed by atoms with E-state index >= 15 is 0 Å². The average molecular weight is 360 g/mol. The number of hydrogen-bond acceptors (Lipinski definition) is 3. The van der Waals surface area contributed by atoms with Crippen LogP contribution in [0, 0.1) is 13.8 Å². The van der Waals surface area contributed by atoms with Crippen LogP contribution in [0.15, 0.2) is 48.5 Å². The molecule has 5 nitrogen and oxygen atoms in total. The maximum absolute atomic E-state index is 12.4. The Kier molecular flexibility index (Phi) is 5.98. The summed E-state index contributed by atoms with van der Waals surface area (Å²) in [6.07, 6.45) is 1.12. The number of aryl methyl sites for hydroxylation is 2. The van der Waals surface area contributed by atoms with Gasteiger partial charge in [-0.25, -0.2) is 8.42 Å². The van der Waals surface area contributed by atoms with Crippen LogP contribution in [0.3, 0.4) is 0 Å². The first kappa shape index (κ1) is 19.1. The van der Waals surface area contributed by atoms with Gasteiger partial charge in [-0.3, -0.25) is 4.79 Å². The third kappa shape index (κ3) is 5.41. The van der Waals surface area contributed by atoms with Gasteiger partial charge < -0.3 is 5.32 Å². The number of amides is 1. The molecule has 0 aliphatic carbocycles. The number of carbonyl (C=O) groups excluding carboxylic acids is 1. The molecule has 6 heteroatoms. The van der Waals surface area contributed by atoms with Crippen molar-refractivity contribution >= 4 is 21.6 Å². The number of rotatable bonds is 6. The van der Waals surface area contributed by atoms with E-state index in [9.17, 15) is 13.2 Å². The Bertz CT molecular complexity index is 828. The van der Waals surface area contributed by atoms with E-state index in [0.717, 1.165) is 22.9 Å². The number of sulfonamides is 1. The second-order valence-corrected chi connectivity index (χ2v) is 8.25. The van der Waals surface area contributed by atoms with Gasteiger partial charge in [0.25, 0.3) is 0 Å². The molecule has 1 unspecified atom stereocenters. The molecule has 1 N–H and O–H groups in total. The maximum atomic E-state index is 12.4. The topological polar surface area (TPSA) is 66.5 Å². The normalized spacial score (nSPS) is 12.8. The first-order valence-corrected chi connectivity index (χ1v) is 9.91. The van der Waals surface area contributed by atoms with Crippen molar-refractivity contribution in [1.29, 1.82) is 0 Å². The van der Waals surface area contributed by atoms with E-state index in [-0.39, 0.29) is 12.5 Å². The fraction of sp³-hybridized carbons (Fsp3) is 0.316. The molecule has 0 heterocycles. The first-order chi connectivity index (χ1) is 11.7. The molecular formula is C19H24N2O3S. The summed E-state index contributed by atoms with van der Waals surface area (Å²) < 4.78 is 25.6. The van der Waals surface area contributed by atoms with Crippen LogP contribution < -0.4 is 5.32 Å². The average Bonchev–Trinajstić information content (AvgIpc) is 2.50. The quantitative estimate of drug-likeness (QED) is 0.860. The summed E-state index contributed by atoms with van der Waals surface area (Å²) >= 11 is 0. The molecule has 0 saturated heterocycles. The van der Waals surface area contributed by atoms with Gasteiger partial charge in [0.15, 0.2) is 0 Å². The standard InChI is InChI=1S/C19H24N2O3S/c1-14-10-15(2)12-18(11-14)20-19(22)13-21(25(4,23)24)16(3)17-8-6-5-7-9-17/h5-12,16H,13H2,1-4H3,(H,20,22). The molecule has 0 fully saturated rings. The van der Waals surface area contributed by atoms with Crippen molar-refractivity contribution < 1.29 is 13.2 Å². The van der Waals surface area contributed by atoms with Gasteiger partial charge in [-0.05, 0) is 49.6 Å². The van der Waals surface area contributed by atoms with Crippen LogP contribution >= 0.6 is 0 Å². The molecule has 25 heavy (non-hydrogen) atoms. The highest BCUT2D eigenvalue weighted by Gasteiger charge is 2.26. The van der Waals surface area contributed by atoms with Gasteiger partial charge in [0, 0.05) is 11.7 Å². The molecule has 0 aliphatic heterocycles. The van der Waals surface area contributed by atoms with E-state index in [2.05, 4.69) is 5.32 Å². The van der Waals surface area contributed by atoms with E-state index in [0.29, 0.717) is 5.69 Å². The largest absolute Gasteiger partial charge is 0.325 e. The maximum Gasteiger partial charge on any atom is 0.239 e. The predicted octanol–water partition coefficient (Wildman–Crippen LogP) is 3.26. The van der Waals surface area contributed by atoms with E-state index in [4.69, 9.17) is 0 Å². The lowest BCUT2D eigenvalue weighted by atomic mass is 10.1. The lowest BCUT2D eigenvalue weighted by Gasteiger charge is -2.26. The van der Waals surface area contributed by atoms with Crippen LogP contribution in [-0.2, 0) is 14.8 Å². The first-order valence-electron chi connectivity index (χ1n) is 8.07. The third-order valence-corrected chi connectivity index (χ3v) is 5.24. The SMILES string of the molecule is Cc1cc(C)cc(NC(=O)CN(C(C)c2ccccc2)S(C)(=O)=O)c1. The van der Waals surface area contributed by atoms with Gasteiger partial charge in [-0.2, -0.15) is 4.31 Å². The van der Waals surface area contributed by atoms with E-state index in [1.165, 1.54) is 4.31 Å². The Balaban J connectivity index is 2.18. The van der Waals surface area contributed by atoms with Gasteiger partial charge in [-0.15, -0.1) is 0 Å². The summed E-state index contributed by atoms with van der Waals surface area (Å²) in [7, 11) is -3.54. The molecule has 0 aromatic heterocycles. The fourth-order valence-electron chi connectivity index (χ4n) is 2.83. The number of benzene rings is 2. The summed E-state index contributed by atoms with van der Waals surface area (Å²) in [5.41, 5.74) is 3.58. The number of hydrogen-bond donors (Lipinski definition) is 1. The minimum atomic E-state index is -3.54. The number of carbonyl (C=O) groups is 1. The zero-order chi connectivity index (χ0) is 18.6. The number of anilines is 1. The molecule has 2 aromatic rings. The highest BCUT2D eigenvalue weighted by atomic mass is 32.2. The van der Waals surface area contributed by atoms with Gasteiger partial charge >= 0.3 is 0 Å². The molecule has 0 aliphatic rings. The summed E-state index contributed by atoms with van der Waals surface area (Å²) in [5.74, 6) is -0.363. The molecule has 2 rings (SSSR count). The van der Waals surface area contributed by atoms with Crippen LogP contribution in [0.4, 0.5) is 5.69 Å². The minimum Gasteiger partial charge on any atom is -0.325 e. The van der Waals surface area contributed by atoms with Crippen molar-refractivity contribution in [1.82, 2.24) is 4.31 Å². The van der Waals surface area contributed by atoms with Crippen LogP contribution in [0.1, 0.15) is 29.7 Å². The molecule has 2 aromatic carbocycles. The van der Waals surface area contributed by atoms with Crippen molar-refractivity contribution in [3.8, 4) is 0 Å². The molecule has 0 spiro atoms. The van der Waals surface area contributed by atoms with E-state index in [1.54, 1.807) is 6.92 Å². The van der Waals surface area contributed by atoms with Crippen molar-refractivity contribution in [2.45, 2.75) is 26.8 Å². The number of nitrogens with zero attached hydrogens (tertiary/aromatic N) is 1. The highest BCUT2D eigenvalue weighted by Crippen LogP contribution is 2.22. The van der Waals surface area contributed by atoms with Crippen molar-refractivity contribution in [2.24, 2.45) is 0 Å². The van der Waals surface area contributed by atoms with Crippen LogP contribution in [-0.4, -0.2) is 31.4 Å². The Hall–Kier alpha value is -2.18. The molecule has 0 bridgehead atoms. The van der Waals surface area contributed by atoms with Gasteiger partial charge in [0.05, 0.1) is 12.8 Å². The Morgan fingerprint density at radius 3 is 2.16 bits per heavy atom. The fourth-order valence-corrected chi connectivity index (χ4v) is 3.88. The van der Waals surface area contributed by atoms with Gasteiger partial charge in [-0.1, -0.05) is 36.4 Å². The lowest BCUT2D eigenvalue weighted by Crippen LogP contribution is -2.39. The smallest absolute Gasteiger partial charge is 0.239 e. The van der Waals surface area contributed by atoms with E-state index < -0.39 is 16.1 Å². The monoisotopic (exact) mass is 360 g/mol. The van der Waals surface area contributed by atoms with Crippen molar-refractivity contribution in [2.75, 3.05) is 18.1 Å². The second kappa shape index (κ2) is 7.80. The minimum absolute atomic E-state index is 0.234. The Labute approximate surface area is 149 Å². The molecule has 0 radical (unpaired) electrons. The van der Waals surface area contributed by atoms with Crippen LogP contribution in [0.2, 0.25) is 0 Å². The Morgan fingerprint density at radius 1 is 1.08 bits per heavy atom. The summed E-state index contributed by atoms with van der Waals surface area (Å²) in [6.45, 7) is 5.44.